The van der Waals surface area contributed by atoms with Crippen LogP contribution in [0.25, 0.3) is 5.69 Å². The highest BCUT2D eigenvalue weighted by Gasteiger charge is 2.09. The van der Waals surface area contributed by atoms with E-state index in [0.29, 0.717) is 11.4 Å². The molecule has 0 aliphatic heterocycles. The molecular weight excluding hydrogens is 302 g/mol. The Balaban J connectivity index is 1.76. The van der Waals surface area contributed by atoms with Crippen molar-refractivity contribution >= 4 is 17.5 Å². The summed E-state index contributed by atoms with van der Waals surface area (Å²) in [6.45, 7) is 1.98. The summed E-state index contributed by atoms with van der Waals surface area (Å²) in [4.78, 5) is 18.6. The Morgan fingerprint density at radius 3 is 2.46 bits per heavy atom. The molecule has 6 nitrogen and oxygen atoms in total. The number of anilines is 2. The Labute approximate surface area is 140 Å². The lowest BCUT2D eigenvalue weighted by Gasteiger charge is -2.12. The number of benzene rings is 1. The first-order valence-corrected chi connectivity index (χ1v) is 7.61. The summed E-state index contributed by atoms with van der Waals surface area (Å²) in [6, 6.07) is 14.8. The summed E-state index contributed by atoms with van der Waals surface area (Å²) in [5.41, 5.74) is 2.53. The van der Waals surface area contributed by atoms with Crippen LogP contribution in [0, 0.1) is 6.92 Å². The number of rotatable bonds is 4. The maximum atomic E-state index is 12.4. The second-order valence-electron chi connectivity index (χ2n) is 5.66. The number of carbonyl (C=O) groups is 1. The molecule has 1 N–H and O–H groups in total. The number of amides is 1. The van der Waals surface area contributed by atoms with Crippen molar-refractivity contribution in [2.45, 2.75) is 6.92 Å². The van der Waals surface area contributed by atoms with E-state index in [1.54, 1.807) is 24.4 Å². The number of nitrogens with one attached hydrogen (secondary N) is 1. The summed E-state index contributed by atoms with van der Waals surface area (Å²) in [5, 5.41) is 7.08. The monoisotopic (exact) mass is 321 g/mol. The van der Waals surface area contributed by atoms with E-state index < -0.39 is 0 Å². The highest BCUT2D eigenvalue weighted by molar-refractivity contribution is 6.03. The van der Waals surface area contributed by atoms with E-state index in [2.05, 4.69) is 15.4 Å². The molecule has 0 bridgehead atoms. The van der Waals surface area contributed by atoms with Crippen molar-refractivity contribution in [3.63, 3.8) is 0 Å². The first-order valence-electron chi connectivity index (χ1n) is 7.61. The Morgan fingerprint density at radius 1 is 1.08 bits per heavy atom. The summed E-state index contributed by atoms with van der Waals surface area (Å²) in [7, 11) is 3.81. The molecule has 0 radical (unpaired) electrons. The summed E-state index contributed by atoms with van der Waals surface area (Å²) >= 11 is 0. The zero-order valence-corrected chi connectivity index (χ0v) is 13.9. The van der Waals surface area contributed by atoms with Crippen LogP contribution in [0.4, 0.5) is 11.6 Å². The van der Waals surface area contributed by atoms with Gasteiger partial charge in [-0.2, -0.15) is 5.10 Å². The number of hydrogen-bond donors (Lipinski definition) is 1. The Bertz CT molecular complexity index is 852. The molecule has 2 aromatic heterocycles. The van der Waals surface area contributed by atoms with Gasteiger partial charge in [-0.1, -0.05) is 6.07 Å². The second-order valence-corrected chi connectivity index (χ2v) is 5.66. The van der Waals surface area contributed by atoms with Gasteiger partial charge >= 0.3 is 0 Å². The van der Waals surface area contributed by atoms with Crippen molar-refractivity contribution in [2.24, 2.45) is 0 Å². The molecule has 2 heterocycles. The van der Waals surface area contributed by atoms with Gasteiger partial charge in [0.25, 0.3) is 5.91 Å². The molecule has 0 aliphatic rings. The van der Waals surface area contributed by atoms with Crippen LogP contribution >= 0.6 is 0 Å². The highest BCUT2D eigenvalue weighted by Crippen LogP contribution is 2.15. The molecule has 1 amide bonds. The topological polar surface area (TPSA) is 63.1 Å². The van der Waals surface area contributed by atoms with Crippen LogP contribution in [0.2, 0.25) is 0 Å². The van der Waals surface area contributed by atoms with Gasteiger partial charge in [-0.05, 0) is 49.4 Å². The van der Waals surface area contributed by atoms with Crippen molar-refractivity contribution < 1.29 is 4.79 Å². The minimum absolute atomic E-state index is 0.192. The molecule has 122 valence electrons. The molecule has 0 atom stereocenters. The van der Waals surface area contributed by atoms with Crippen molar-refractivity contribution in [1.29, 1.82) is 0 Å². The summed E-state index contributed by atoms with van der Waals surface area (Å²) < 4.78 is 1.82. The quantitative estimate of drug-likeness (QED) is 0.802. The van der Waals surface area contributed by atoms with E-state index >= 15 is 0 Å². The standard InChI is InChI=1S/C18H19N5O/c1-13-11-12-19-23(13)15-9-7-14(8-10-15)18(24)21-16-5-4-6-17(20-16)22(2)3/h4-12H,1-3H3,(H,20,21,24). The molecule has 6 heteroatoms. The van der Waals surface area contributed by atoms with Crippen LogP contribution in [-0.4, -0.2) is 34.8 Å². The maximum absolute atomic E-state index is 12.4. The number of aryl methyl sites for hydroxylation is 1. The van der Waals surface area contributed by atoms with Gasteiger partial charge in [-0.3, -0.25) is 4.79 Å². The Kier molecular flexibility index (Phi) is 4.29. The SMILES string of the molecule is Cc1ccnn1-c1ccc(C(=O)Nc2cccc(N(C)C)n2)cc1. The third-order valence-corrected chi connectivity index (χ3v) is 3.64. The average molecular weight is 321 g/mol. The minimum Gasteiger partial charge on any atom is -0.363 e. The smallest absolute Gasteiger partial charge is 0.256 e. The largest absolute Gasteiger partial charge is 0.363 e. The number of pyridine rings is 1. The fraction of sp³-hybridized carbons (Fsp3) is 0.167. The Morgan fingerprint density at radius 2 is 1.83 bits per heavy atom. The van der Waals surface area contributed by atoms with Crippen molar-refractivity contribution in [2.75, 3.05) is 24.3 Å². The molecule has 3 rings (SSSR count). The average Bonchev–Trinajstić information content (AvgIpc) is 3.01. The van der Waals surface area contributed by atoms with Crippen LogP contribution in [0.15, 0.2) is 54.7 Å². The molecule has 0 saturated carbocycles. The van der Waals surface area contributed by atoms with Crippen LogP contribution in [0.1, 0.15) is 16.1 Å². The molecule has 0 saturated heterocycles. The van der Waals surface area contributed by atoms with E-state index in [1.807, 2.05) is 60.9 Å². The third-order valence-electron chi connectivity index (χ3n) is 3.64. The fourth-order valence-corrected chi connectivity index (χ4v) is 2.32. The van der Waals surface area contributed by atoms with E-state index in [1.165, 1.54) is 0 Å². The molecule has 0 spiro atoms. The predicted molar refractivity (Wildman–Crippen MR) is 94.8 cm³/mol. The van der Waals surface area contributed by atoms with Gasteiger partial charge in [-0.15, -0.1) is 0 Å². The van der Waals surface area contributed by atoms with Gasteiger partial charge in [-0.25, -0.2) is 9.67 Å². The van der Waals surface area contributed by atoms with Gasteiger partial charge in [0.2, 0.25) is 0 Å². The van der Waals surface area contributed by atoms with Crippen molar-refractivity contribution in [3.8, 4) is 5.69 Å². The second kappa shape index (κ2) is 6.54. The Hall–Kier alpha value is -3.15. The van der Waals surface area contributed by atoms with Gasteiger partial charge in [0, 0.05) is 31.5 Å². The highest BCUT2D eigenvalue weighted by atomic mass is 16.1. The van der Waals surface area contributed by atoms with E-state index in [9.17, 15) is 4.79 Å². The fourth-order valence-electron chi connectivity index (χ4n) is 2.32. The molecule has 0 unspecified atom stereocenters. The number of hydrogen-bond acceptors (Lipinski definition) is 4. The molecular formula is C18H19N5O. The van der Waals surface area contributed by atoms with E-state index in [0.717, 1.165) is 17.2 Å². The first-order chi connectivity index (χ1) is 11.5. The van der Waals surface area contributed by atoms with E-state index in [-0.39, 0.29) is 5.91 Å². The lowest BCUT2D eigenvalue weighted by Crippen LogP contribution is -2.15. The van der Waals surface area contributed by atoms with Gasteiger partial charge in [0.15, 0.2) is 0 Å². The number of nitrogens with zero attached hydrogens (tertiary/aromatic N) is 4. The molecule has 1 aromatic carbocycles. The first kappa shape index (κ1) is 15.7. The van der Waals surface area contributed by atoms with Crippen molar-refractivity contribution in [1.82, 2.24) is 14.8 Å². The van der Waals surface area contributed by atoms with Crippen LogP contribution in [0.3, 0.4) is 0 Å². The molecule has 24 heavy (non-hydrogen) atoms. The lowest BCUT2D eigenvalue weighted by atomic mass is 10.2. The normalized spacial score (nSPS) is 10.5. The zero-order chi connectivity index (χ0) is 17.1. The van der Waals surface area contributed by atoms with E-state index in [4.69, 9.17) is 0 Å². The van der Waals surface area contributed by atoms with Crippen molar-refractivity contribution in [3.05, 3.63) is 66.0 Å². The molecule has 3 aromatic rings. The lowest BCUT2D eigenvalue weighted by molar-refractivity contribution is 0.102. The van der Waals surface area contributed by atoms with Gasteiger partial charge in [0.05, 0.1) is 5.69 Å². The van der Waals surface area contributed by atoms with Gasteiger partial charge < -0.3 is 10.2 Å². The van der Waals surface area contributed by atoms with Crippen LogP contribution < -0.4 is 10.2 Å². The minimum atomic E-state index is -0.192. The molecule has 0 aliphatic carbocycles. The number of aromatic nitrogens is 3. The van der Waals surface area contributed by atoms with Gasteiger partial charge in [0.1, 0.15) is 11.6 Å². The van der Waals surface area contributed by atoms with Crippen LogP contribution in [0.5, 0.6) is 0 Å². The third kappa shape index (κ3) is 3.27. The summed E-state index contributed by atoms with van der Waals surface area (Å²) in [6.07, 6.45) is 1.75. The molecule has 0 fully saturated rings. The zero-order valence-electron chi connectivity index (χ0n) is 13.9. The predicted octanol–water partition coefficient (Wildman–Crippen LogP) is 2.89. The van der Waals surface area contributed by atoms with Crippen LogP contribution in [-0.2, 0) is 0 Å². The summed E-state index contributed by atoms with van der Waals surface area (Å²) in [5.74, 6) is 1.12. The maximum Gasteiger partial charge on any atom is 0.256 e. The number of carbonyl (C=O) groups excluding carboxylic acids is 1.